The van der Waals surface area contributed by atoms with E-state index in [1.54, 1.807) is 25.8 Å². The van der Waals surface area contributed by atoms with Crippen LogP contribution in [0.3, 0.4) is 0 Å². The molecular formula is C12H19N3O2. The van der Waals surface area contributed by atoms with Crippen LogP contribution < -0.4 is 4.74 Å². The SMILES string of the molecule is COC(C)(C)CCOc1c(C#N)c(C)nn1C. The second kappa shape index (κ2) is 5.19. The topological polar surface area (TPSA) is 60.1 Å². The van der Waals surface area contributed by atoms with Crippen LogP contribution in [0.25, 0.3) is 0 Å². The maximum Gasteiger partial charge on any atom is 0.230 e. The summed E-state index contributed by atoms with van der Waals surface area (Å²) in [5.74, 6) is 0.525. The zero-order valence-corrected chi connectivity index (χ0v) is 11.1. The first-order valence-corrected chi connectivity index (χ1v) is 5.53. The van der Waals surface area contributed by atoms with E-state index >= 15 is 0 Å². The average molecular weight is 237 g/mol. The molecule has 0 spiro atoms. The quantitative estimate of drug-likeness (QED) is 0.783. The lowest BCUT2D eigenvalue weighted by Gasteiger charge is -2.22. The van der Waals surface area contributed by atoms with Gasteiger partial charge in [-0.25, -0.2) is 4.68 Å². The molecule has 0 aromatic carbocycles. The lowest BCUT2D eigenvalue weighted by molar-refractivity contribution is 0.00471. The van der Waals surface area contributed by atoms with Crippen LogP contribution in [0.2, 0.25) is 0 Å². The third-order valence-electron chi connectivity index (χ3n) is 2.78. The van der Waals surface area contributed by atoms with E-state index in [0.29, 0.717) is 23.7 Å². The smallest absolute Gasteiger partial charge is 0.230 e. The monoisotopic (exact) mass is 237 g/mol. The van der Waals surface area contributed by atoms with Crippen molar-refractivity contribution in [3.8, 4) is 11.9 Å². The van der Waals surface area contributed by atoms with E-state index in [9.17, 15) is 0 Å². The van der Waals surface area contributed by atoms with Gasteiger partial charge in [0.1, 0.15) is 11.6 Å². The molecule has 5 heteroatoms. The Bertz CT molecular complexity index is 430. The summed E-state index contributed by atoms with van der Waals surface area (Å²) in [6, 6.07) is 2.11. The van der Waals surface area contributed by atoms with Crippen LogP contribution in [-0.4, -0.2) is 29.1 Å². The Kier molecular flexibility index (Phi) is 4.13. The molecule has 1 aromatic rings. The molecule has 0 saturated heterocycles. The minimum Gasteiger partial charge on any atom is -0.477 e. The number of aryl methyl sites for hydroxylation is 2. The van der Waals surface area contributed by atoms with E-state index < -0.39 is 0 Å². The maximum absolute atomic E-state index is 9.01. The van der Waals surface area contributed by atoms with Crippen molar-refractivity contribution in [2.45, 2.75) is 32.8 Å². The van der Waals surface area contributed by atoms with Gasteiger partial charge in [0.15, 0.2) is 0 Å². The van der Waals surface area contributed by atoms with Crippen molar-refractivity contribution >= 4 is 0 Å². The Morgan fingerprint density at radius 1 is 1.47 bits per heavy atom. The highest BCUT2D eigenvalue weighted by atomic mass is 16.5. The number of rotatable bonds is 5. The molecular weight excluding hydrogens is 218 g/mol. The molecule has 0 aliphatic heterocycles. The summed E-state index contributed by atoms with van der Waals surface area (Å²) in [5, 5.41) is 13.2. The molecule has 5 nitrogen and oxygen atoms in total. The van der Waals surface area contributed by atoms with Gasteiger partial charge in [0.2, 0.25) is 5.88 Å². The first-order valence-electron chi connectivity index (χ1n) is 5.53. The normalized spacial score (nSPS) is 11.3. The Morgan fingerprint density at radius 2 is 2.12 bits per heavy atom. The molecule has 1 aromatic heterocycles. The van der Waals surface area contributed by atoms with E-state index in [-0.39, 0.29) is 5.60 Å². The molecule has 0 aliphatic carbocycles. The molecule has 0 saturated carbocycles. The van der Waals surface area contributed by atoms with Gasteiger partial charge in [-0.05, 0) is 20.8 Å². The fourth-order valence-corrected chi connectivity index (χ4v) is 1.43. The fourth-order valence-electron chi connectivity index (χ4n) is 1.43. The molecule has 0 amide bonds. The average Bonchev–Trinajstić information content (AvgIpc) is 2.53. The number of ether oxygens (including phenoxy) is 2. The van der Waals surface area contributed by atoms with Gasteiger partial charge < -0.3 is 9.47 Å². The summed E-state index contributed by atoms with van der Waals surface area (Å²) < 4.78 is 12.5. The van der Waals surface area contributed by atoms with Gasteiger partial charge in [0.25, 0.3) is 0 Å². The molecule has 0 radical (unpaired) electrons. The van der Waals surface area contributed by atoms with E-state index in [2.05, 4.69) is 11.2 Å². The third kappa shape index (κ3) is 3.21. The third-order valence-corrected chi connectivity index (χ3v) is 2.78. The number of hydrogen-bond acceptors (Lipinski definition) is 4. The number of hydrogen-bond donors (Lipinski definition) is 0. The summed E-state index contributed by atoms with van der Waals surface area (Å²) in [7, 11) is 3.44. The molecule has 0 bridgehead atoms. The van der Waals surface area contributed by atoms with Crippen molar-refractivity contribution in [1.29, 1.82) is 5.26 Å². The van der Waals surface area contributed by atoms with Crippen LogP contribution in [0, 0.1) is 18.3 Å². The highest BCUT2D eigenvalue weighted by Gasteiger charge is 2.18. The van der Waals surface area contributed by atoms with Gasteiger partial charge >= 0.3 is 0 Å². The van der Waals surface area contributed by atoms with Crippen molar-refractivity contribution in [2.24, 2.45) is 7.05 Å². The molecule has 94 valence electrons. The van der Waals surface area contributed by atoms with Gasteiger partial charge in [0.05, 0.1) is 17.9 Å². The van der Waals surface area contributed by atoms with Gasteiger partial charge in [-0.2, -0.15) is 10.4 Å². The summed E-state index contributed by atoms with van der Waals surface area (Å²) >= 11 is 0. The molecule has 1 heterocycles. The summed E-state index contributed by atoms with van der Waals surface area (Å²) in [6.45, 7) is 6.28. The van der Waals surface area contributed by atoms with Gasteiger partial charge in [-0.1, -0.05) is 0 Å². The first kappa shape index (κ1) is 13.5. The van der Waals surface area contributed by atoms with E-state index in [0.717, 1.165) is 6.42 Å². The van der Waals surface area contributed by atoms with Crippen molar-refractivity contribution < 1.29 is 9.47 Å². The summed E-state index contributed by atoms with van der Waals surface area (Å²) in [4.78, 5) is 0. The fraction of sp³-hybridized carbons (Fsp3) is 0.667. The lowest BCUT2D eigenvalue weighted by Crippen LogP contribution is -2.25. The highest BCUT2D eigenvalue weighted by molar-refractivity contribution is 5.41. The van der Waals surface area contributed by atoms with Crippen molar-refractivity contribution in [3.05, 3.63) is 11.3 Å². The molecule has 0 atom stereocenters. The Balaban J connectivity index is 2.68. The van der Waals surface area contributed by atoms with Crippen molar-refractivity contribution in [1.82, 2.24) is 9.78 Å². The second-order valence-electron chi connectivity index (χ2n) is 4.56. The molecule has 0 unspecified atom stereocenters. The van der Waals surface area contributed by atoms with Crippen LogP contribution in [0.5, 0.6) is 5.88 Å². The molecule has 17 heavy (non-hydrogen) atoms. The number of nitrogens with zero attached hydrogens (tertiary/aromatic N) is 3. The predicted octanol–water partition coefficient (Wildman–Crippen LogP) is 1.79. The molecule has 1 rings (SSSR count). The molecule has 0 N–H and O–H groups in total. The van der Waals surface area contributed by atoms with E-state index in [4.69, 9.17) is 14.7 Å². The Morgan fingerprint density at radius 3 is 2.65 bits per heavy atom. The van der Waals surface area contributed by atoms with Crippen LogP contribution in [-0.2, 0) is 11.8 Å². The van der Waals surface area contributed by atoms with E-state index in [1.165, 1.54) is 0 Å². The number of methoxy groups -OCH3 is 1. The second-order valence-corrected chi connectivity index (χ2v) is 4.56. The summed E-state index contributed by atoms with van der Waals surface area (Å²) in [5.41, 5.74) is 0.971. The Hall–Kier alpha value is -1.54. The number of nitriles is 1. The van der Waals surface area contributed by atoms with Crippen LogP contribution in [0.15, 0.2) is 0 Å². The largest absolute Gasteiger partial charge is 0.477 e. The van der Waals surface area contributed by atoms with Gasteiger partial charge in [-0.15, -0.1) is 0 Å². The van der Waals surface area contributed by atoms with Crippen LogP contribution >= 0.6 is 0 Å². The maximum atomic E-state index is 9.01. The van der Waals surface area contributed by atoms with Crippen molar-refractivity contribution in [2.75, 3.05) is 13.7 Å². The highest BCUT2D eigenvalue weighted by Crippen LogP contribution is 2.21. The minimum atomic E-state index is -0.222. The first-order chi connectivity index (χ1) is 7.91. The van der Waals surface area contributed by atoms with Crippen molar-refractivity contribution in [3.63, 3.8) is 0 Å². The van der Waals surface area contributed by atoms with Crippen LogP contribution in [0.4, 0.5) is 0 Å². The standard InChI is InChI=1S/C12H19N3O2/c1-9-10(8-13)11(15(4)14-9)17-7-6-12(2,3)16-5/h6-7H2,1-5H3. The molecule has 0 fully saturated rings. The zero-order chi connectivity index (χ0) is 13.1. The molecule has 0 aliphatic rings. The summed E-state index contributed by atoms with van der Waals surface area (Å²) in [6.07, 6.45) is 0.749. The Labute approximate surface area is 102 Å². The van der Waals surface area contributed by atoms with E-state index in [1.807, 2.05) is 13.8 Å². The van der Waals surface area contributed by atoms with Gasteiger partial charge in [-0.3, -0.25) is 0 Å². The predicted molar refractivity (Wildman–Crippen MR) is 63.9 cm³/mol. The van der Waals surface area contributed by atoms with Crippen LogP contribution in [0.1, 0.15) is 31.5 Å². The minimum absolute atomic E-state index is 0.222. The van der Waals surface area contributed by atoms with Gasteiger partial charge in [0, 0.05) is 20.6 Å². The lowest BCUT2D eigenvalue weighted by atomic mass is 10.1. The number of aromatic nitrogens is 2. The zero-order valence-electron chi connectivity index (χ0n) is 11.1.